The molecule has 108 valence electrons. The number of hydrogen-bond donors (Lipinski definition) is 1. The maximum Gasteiger partial charge on any atom is 0.165 e. The minimum atomic E-state index is 0.561. The molecule has 0 saturated heterocycles. The van der Waals surface area contributed by atoms with Gasteiger partial charge in [0, 0.05) is 6.54 Å². The molecule has 0 atom stereocenters. The first-order chi connectivity index (χ1) is 9.52. The Morgan fingerprint density at radius 2 is 2.10 bits per heavy atom. The molecular formula is C15H20IN3O. The molecule has 0 spiro atoms. The van der Waals surface area contributed by atoms with Crippen LogP contribution in [0.3, 0.4) is 0 Å². The third-order valence-electron chi connectivity index (χ3n) is 2.97. The van der Waals surface area contributed by atoms with E-state index in [0.29, 0.717) is 5.92 Å². The summed E-state index contributed by atoms with van der Waals surface area (Å²) in [6, 6.07) is 1.92. The van der Waals surface area contributed by atoms with Crippen LogP contribution in [0.2, 0.25) is 0 Å². The van der Waals surface area contributed by atoms with E-state index in [-0.39, 0.29) is 0 Å². The van der Waals surface area contributed by atoms with Gasteiger partial charge in [-0.1, -0.05) is 13.8 Å². The van der Waals surface area contributed by atoms with Crippen molar-refractivity contribution in [2.45, 2.75) is 34.1 Å². The van der Waals surface area contributed by atoms with Crippen molar-refractivity contribution < 1.29 is 4.42 Å². The van der Waals surface area contributed by atoms with Crippen LogP contribution in [0.25, 0.3) is 11.4 Å². The predicted molar refractivity (Wildman–Crippen MR) is 89.9 cm³/mol. The van der Waals surface area contributed by atoms with E-state index in [0.717, 1.165) is 45.2 Å². The maximum absolute atomic E-state index is 5.37. The molecule has 0 unspecified atom stereocenters. The van der Waals surface area contributed by atoms with E-state index in [4.69, 9.17) is 9.40 Å². The van der Waals surface area contributed by atoms with Crippen molar-refractivity contribution >= 4 is 28.4 Å². The standard InChI is InChI=1S/C15H20IN3O/c1-5-17-15-13(16)12(8-9(2)3)18-14(19-15)11-6-7-20-10(11)4/h6-7,9H,5,8H2,1-4H3,(H,17,18,19). The summed E-state index contributed by atoms with van der Waals surface area (Å²) < 4.78 is 6.48. The zero-order chi connectivity index (χ0) is 14.7. The fourth-order valence-corrected chi connectivity index (χ4v) is 2.69. The number of aryl methyl sites for hydroxylation is 1. The molecule has 0 saturated carbocycles. The summed E-state index contributed by atoms with van der Waals surface area (Å²) in [6.07, 6.45) is 2.63. The number of nitrogens with zero attached hydrogens (tertiary/aromatic N) is 2. The van der Waals surface area contributed by atoms with Crippen LogP contribution in [0.5, 0.6) is 0 Å². The van der Waals surface area contributed by atoms with Crippen molar-refractivity contribution in [2.24, 2.45) is 5.92 Å². The van der Waals surface area contributed by atoms with Crippen LogP contribution in [0, 0.1) is 16.4 Å². The first kappa shape index (κ1) is 15.3. The van der Waals surface area contributed by atoms with Crippen molar-refractivity contribution in [1.82, 2.24) is 9.97 Å². The van der Waals surface area contributed by atoms with Crippen LogP contribution in [-0.2, 0) is 6.42 Å². The van der Waals surface area contributed by atoms with E-state index in [1.807, 2.05) is 13.0 Å². The molecule has 0 aliphatic heterocycles. The Bertz CT molecular complexity index is 593. The molecule has 5 heteroatoms. The van der Waals surface area contributed by atoms with Gasteiger partial charge in [0.2, 0.25) is 0 Å². The first-order valence-electron chi connectivity index (χ1n) is 6.87. The third-order valence-corrected chi connectivity index (χ3v) is 4.10. The van der Waals surface area contributed by atoms with E-state index < -0.39 is 0 Å². The molecule has 2 heterocycles. The molecule has 0 aliphatic rings. The summed E-state index contributed by atoms with van der Waals surface area (Å²) in [5.41, 5.74) is 2.06. The van der Waals surface area contributed by atoms with Gasteiger partial charge in [-0.15, -0.1) is 0 Å². The van der Waals surface area contributed by atoms with Crippen LogP contribution in [0.4, 0.5) is 5.82 Å². The van der Waals surface area contributed by atoms with Gasteiger partial charge < -0.3 is 9.73 Å². The lowest BCUT2D eigenvalue weighted by molar-refractivity contribution is 0.535. The third kappa shape index (κ3) is 3.31. The van der Waals surface area contributed by atoms with Gasteiger partial charge in [-0.25, -0.2) is 9.97 Å². The number of aromatic nitrogens is 2. The fraction of sp³-hybridized carbons (Fsp3) is 0.467. The zero-order valence-corrected chi connectivity index (χ0v) is 14.5. The quantitative estimate of drug-likeness (QED) is 0.781. The summed E-state index contributed by atoms with van der Waals surface area (Å²) in [4.78, 5) is 9.38. The van der Waals surface area contributed by atoms with E-state index >= 15 is 0 Å². The van der Waals surface area contributed by atoms with Gasteiger partial charge in [0.15, 0.2) is 5.82 Å². The monoisotopic (exact) mass is 385 g/mol. The molecule has 1 N–H and O–H groups in total. The second-order valence-corrected chi connectivity index (χ2v) is 6.25. The highest BCUT2D eigenvalue weighted by Crippen LogP contribution is 2.27. The van der Waals surface area contributed by atoms with E-state index in [9.17, 15) is 0 Å². The Balaban J connectivity index is 2.52. The van der Waals surface area contributed by atoms with Crippen molar-refractivity contribution in [2.75, 3.05) is 11.9 Å². The van der Waals surface area contributed by atoms with Gasteiger partial charge in [0.1, 0.15) is 11.6 Å². The Kier molecular flexibility index (Phi) is 5.01. The lowest BCUT2D eigenvalue weighted by atomic mass is 10.1. The topological polar surface area (TPSA) is 51.0 Å². The van der Waals surface area contributed by atoms with Crippen LogP contribution in [0.15, 0.2) is 16.7 Å². The lowest BCUT2D eigenvalue weighted by Crippen LogP contribution is -2.09. The molecule has 2 aromatic rings. The average Bonchev–Trinajstić information content (AvgIpc) is 2.80. The molecule has 2 aromatic heterocycles. The largest absolute Gasteiger partial charge is 0.469 e. The van der Waals surface area contributed by atoms with E-state index in [1.165, 1.54) is 0 Å². The zero-order valence-electron chi connectivity index (χ0n) is 12.3. The first-order valence-corrected chi connectivity index (χ1v) is 7.95. The van der Waals surface area contributed by atoms with Gasteiger partial charge >= 0.3 is 0 Å². The molecule has 0 aromatic carbocycles. The van der Waals surface area contributed by atoms with Crippen molar-refractivity contribution in [3.05, 3.63) is 27.4 Å². The van der Waals surface area contributed by atoms with Gasteiger partial charge in [0.25, 0.3) is 0 Å². The van der Waals surface area contributed by atoms with Crippen molar-refractivity contribution in [1.29, 1.82) is 0 Å². The highest BCUT2D eigenvalue weighted by atomic mass is 127. The van der Waals surface area contributed by atoms with Crippen LogP contribution in [0.1, 0.15) is 32.2 Å². The van der Waals surface area contributed by atoms with E-state index in [1.54, 1.807) is 6.26 Å². The normalized spacial score (nSPS) is 11.1. The molecule has 0 radical (unpaired) electrons. The maximum atomic E-state index is 5.37. The predicted octanol–water partition coefficient (Wildman–Crippen LogP) is 4.28. The smallest absolute Gasteiger partial charge is 0.165 e. The van der Waals surface area contributed by atoms with Gasteiger partial charge in [0.05, 0.1) is 21.1 Å². The molecule has 0 amide bonds. The minimum Gasteiger partial charge on any atom is -0.469 e. The van der Waals surface area contributed by atoms with E-state index in [2.05, 4.69) is 53.7 Å². The molecule has 20 heavy (non-hydrogen) atoms. The number of halogens is 1. The second-order valence-electron chi connectivity index (χ2n) is 5.18. The molecule has 0 bridgehead atoms. The summed E-state index contributed by atoms with van der Waals surface area (Å²) in [7, 11) is 0. The van der Waals surface area contributed by atoms with Crippen LogP contribution < -0.4 is 5.32 Å². The average molecular weight is 385 g/mol. The highest BCUT2D eigenvalue weighted by molar-refractivity contribution is 14.1. The number of hydrogen-bond acceptors (Lipinski definition) is 4. The summed E-state index contributed by atoms with van der Waals surface area (Å²) >= 11 is 2.33. The van der Waals surface area contributed by atoms with Gasteiger partial charge in [-0.05, 0) is 54.8 Å². The van der Waals surface area contributed by atoms with Crippen LogP contribution in [-0.4, -0.2) is 16.5 Å². The Labute approximate surface area is 133 Å². The Morgan fingerprint density at radius 3 is 2.65 bits per heavy atom. The SMILES string of the molecule is CCNc1nc(-c2ccoc2C)nc(CC(C)C)c1I. The molecule has 2 rings (SSSR count). The number of nitrogens with one attached hydrogen (secondary N) is 1. The summed E-state index contributed by atoms with van der Waals surface area (Å²) in [5, 5.41) is 3.32. The van der Waals surface area contributed by atoms with Gasteiger partial charge in [-0.3, -0.25) is 0 Å². The molecule has 0 fully saturated rings. The Morgan fingerprint density at radius 1 is 1.35 bits per heavy atom. The molecule has 4 nitrogen and oxygen atoms in total. The number of anilines is 1. The van der Waals surface area contributed by atoms with Gasteiger partial charge in [-0.2, -0.15) is 0 Å². The fourth-order valence-electron chi connectivity index (χ4n) is 2.04. The van der Waals surface area contributed by atoms with Crippen molar-refractivity contribution in [3.63, 3.8) is 0 Å². The van der Waals surface area contributed by atoms with Crippen LogP contribution >= 0.6 is 22.6 Å². The summed E-state index contributed by atoms with van der Waals surface area (Å²) in [6.45, 7) is 9.26. The minimum absolute atomic E-state index is 0.561. The Hall–Kier alpha value is -1.11. The lowest BCUT2D eigenvalue weighted by Gasteiger charge is -2.13. The number of rotatable bonds is 5. The molecular weight excluding hydrogens is 365 g/mol. The second kappa shape index (κ2) is 6.56. The van der Waals surface area contributed by atoms with Crippen molar-refractivity contribution in [3.8, 4) is 11.4 Å². The molecule has 0 aliphatic carbocycles. The number of furan rings is 1. The highest BCUT2D eigenvalue weighted by Gasteiger charge is 2.16. The summed E-state index contributed by atoms with van der Waals surface area (Å²) in [5.74, 6) is 3.06.